The Morgan fingerprint density at radius 2 is 2.36 bits per heavy atom. The quantitative estimate of drug-likeness (QED) is 0.674. The summed E-state index contributed by atoms with van der Waals surface area (Å²) in [5.41, 5.74) is 0.325. The third-order valence-corrected chi connectivity index (χ3v) is 3.09. The van der Waals surface area contributed by atoms with E-state index >= 15 is 0 Å². The molecule has 0 atom stereocenters. The molecular formula is C10H9BrO2S. The third-order valence-electron chi connectivity index (χ3n) is 1.53. The summed E-state index contributed by atoms with van der Waals surface area (Å²) in [6.45, 7) is 3.59. The van der Waals surface area contributed by atoms with Crippen molar-refractivity contribution in [2.75, 3.05) is 5.75 Å². The van der Waals surface area contributed by atoms with Gasteiger partial charge < -0.3 is 5.11 Å². The monoisotopic (exact) mass is 272 g/mol. The molecule has 0 heterocycles. The van der Waals surface area contributed by atoms with Crippen LogP contribution in [0.25, 0.3) is 0 Å². The van der Waals surface area contributed by atoms with Crippen molar-refractivity contribution in [3.05, 3.63) is 40.9 Å². The first-order valence-corrected chi connectivity index (χ1v) is 5.69. The van der Waals surface area contributed by atoms with Gasteiger partial charge in [0, 0.05) is 15.1 Å². The Morgan fingerprint density at radius 1 is 1.64 bits per heavy atom. The van der Waals surface area contributed by atoms with Crippen LogP contribution in [0.3, 0.4) is 0 Å². The second-order valence-electron chi connectivity index (χ2n) is 2.55. The Bertz CT molecular complexity index is 363. The van der Waals surface area contributed by atoms with Crippen LogP contribution in [0, 0.1) is 0 Å². The van der Waals surface area contributed by atoms with Crippen molar-refractivity contribution < 1.29 is 9.90 Å². The van der Waals surface area contributed by atoms with E-state index in [1.807, 2.05) is 6.07 Å². The van der Waals surface area contributed by atoms with Gasteiger partial charge in [-0.25, -0.2) is 4.79 Å². The van der Waals surface area contributed by atoms with Gasteiger partial charge in [0.1, 0.15) is 0 Å². The second-order valence-corrected chi connectivity index (χ2v) is 4.52. The fourth-order valence-electron chi connectivity index (χ4n) is 0.944. The van der Waals surface area contributed by atoms with Gasteiger partial charge in [0.15, 0.2) is 0 Å². The van der Waals surface area contributed by atoms with Crippen LogP contribution in [0.2, 0.25) is 0 Å². The van der Waals surface area contributed by atoms with E-state index in [2.05, 4.69) is 22.5 Å². The van der Waals surface area contributed by atoms with Gasteiger partial charge in [0.2, 0.25) is 0 Å². The first kappa shape index (κ1) is 11.3. The van der Waals surface area contributed by atoms with Crippen LogP contribution < -0.4 is 0 Å². The Hall–Kier alpha value is -0.740. The highest BCUT2D eigenvalue weighted by Crippen LogP contribution is 2.25. The highest BCUT2D eigenvalue weighted by atomic mass is 79.9. The van der Waals surface area contributed by atoms with Crippen molar-refractivity contribution in [2.45, 2.75) is 4.90 Å². The number of halogens is 1. The van der Waals surface area contributed by atoms with Crippen molar-refractivity contribution >= 4 is 33.7 Å². The van der Waals surface area contributed by atoms with E-state index in [1.165, 1.54) is 11.8 Å². The molecule has 0 saturated heterocycles. The first-order chi connectivity index (χ1) is 6.65. The van der Waals surface area contributed by atoms with Crippen LogP contribution in [0.4, 0.5) is 0 Å². The van der Waals surface area contributed by atoms with Crippen molar-refractivity contribution in [3.63, 3.8) is 0 Å². The average molecular weight is 273 g/mol. The molecule has 0 aliphatic rings. The number of thioether (sulfide) groups is 1. The summed E-state index contributed by atoms with van der Waals surface area (Å²) in [6.07, 6.45) is 1.75. The first-order valence-electron chi connectivity index (χ1n) is 3.91. The Balaban J connectivity index is 3.01. The number of hydrogen-bond acceptors (Lipinski definition) is 2. The molecule has 0 radical (unpaired) electrons. The number of rotatable bonds is 4. The van der Waals surface area contributed by atoms with E-state index in [4.69, 9.17) is 5.11 Å². The molecular weight excluding hydrogens is 264 g/mol. The maximum atomic E-state index is 10.9. The van der Waals surface area contributed by atoms with Gasteiger partial charge in [-0.15, -0.1) is 18.3 Å². The maximum Gasteiger partial charge on any atom is 0.336 e. The van der Waals surface area contributed by atoms with Gasteiger partial charge in [-0.1, -0.05) is 22.0 Å². The molecule has 74 valence electrons. The largest absolute Gasteiger partial charge is 0.478 e. The van der Waals surface area contributed by atoms with Crippen LogP contribution >= 0.6 is 27.7 Å². The number of carbonyl (C=O) groups is 1. The molecule has 1 N–H and O–H groups in total. The summed E-state index contributed by atoms with van der Waals surface area (Å²) in [5.74, 6) is -0.195. The predicted octanol–water partition coefficient (Wildman–Crippen LogP) is 3.43. The third kappa shape index (κ3) is 2.89. The highest BCUT2D eigenvalue weighted by molar-refractivity contribution is 9.10. The maximum absolute atomic E-state index is 10.9. The minimum atomic E-state index is -0.905. The van der Waals surface area contributed by atoms with Gasteiger partial charge in [0.25, 0.3) is 0 Å². The lowest BCUT2D eigenvalue weighted by molar-refractivity contribution is 0.0693. The normalized spacial score (nSPS) is 9.79. The van der Waals surface area contributed by atoms with Crippen LogP contribution in [0.5, 0.6) is 0 Å². The lowest BCUT2D eigenvalue weighted by Gasteiger charge is -2.04. The zero-order valence-electron chi connectivity index (χ0n) is 7.37. The minimum Gasteiger partial charge on any atom is -0.478 e. The fourth-order valence-corrected chi connectivity index (χ4v) is 2.07. The summed E-state index contributed by atoms with van der Waals surface area (Å²) in [5, 5.41) is 8.93. The topological polar surface area (TPSA) is 37.3 Å². The molecule has 0 amide bonds. The van der Waals surface area contributed by atoms with Crippen molar-refractivity contribution in [3.8, 4) is 0 Å². The Kier molecular flexibility index (Phi) is 4.22. The highest BCUT2D eigenvalue weighted by Gasteiger charge is 2.09. The molecule has 0 aliphatic heterocycles. The lowest BCUT2D eigenvalue weighted by Crippen LogP contribution is -1.98. The predicted molar refractivity (Wildman–Crippen MR) is 62.0 cm³/mol. The van der Waals surface area contributed by atoms with Gasteiger partial charge >= 0.3 is 5.97 Å². The second kappa shape index (κ2) is 5.22. The van der Waals surface area contributed by atoms with Crippen LogP contribution in [-0.4, -0.2) is 16.8 Å². The molecule has 0 aliphatic carbocycles. The molecule has 1 rings (SSSR count). The molecule has 0 spiro atoms. The summed E-state index contributed by atoms with van der Waals surface area (Å²) < 4.78 is 0.776. The number of carboxylic acid groups (broad SMARTS) is 1. The fraction of sp³-hybridized carbons (Fsp3) is 0.100. The number of aromatic carboxylic acids is 1. The molecule has 0 bridgehead atoms. The molecule has 4 heteroatoms. The van der Waals surface area contributed by atoms with Crippen molar-refractivity contribution in [2.24, 2.45) is 0 Å². The standard InChI is InChI=1S/C10H9BrO2S/c1-2-5-14-9-4-3-7(11)6-8(9)10(12)13/h2-4,6H,1,5H2,(H,12,13). The number of benzene rings is 1. The SMILES string of the molecule is C=CCSc1ccc(Br)cc1C(=O)O. The van der Waals surface area contributed by atoms with E-state index in [1.54, 1.807) is 18.2 Å². The summed E-state index contributed by atoms with van der Waals surface area (Å²) in [7, 11) is 0. The molecule has 2 nitrogen and oxygen atoms in total. The zero-order chi connectivity index (χ0) is 10.6. The van der Waals surface area contributed by atoms with Crippen LogP contribution in [0.1, 0.15) is 10.4 Å². The number of hydrogen-bond donors (Lipinski definition) is 1. The minimum absolute atomic E-state index is 0.325. The molecule has 1 aromatic carbocycles. The molecule has 0 fully saturated rings. The van der Waals surface area contributed by atoms with E-state index in [0.717, 1.165) is 9.37 Å². The summed E-state index contributed by atoms with van der Waals surface area (Å²) in [6, 6.07) is 5.23. The lowest BCUT2D eigenvalue weighted by atomic mass is 10.2. The zero-order valence-corrected chi connectivity index (χ0v) is 9.77. The van der Waals surface area contributed by atoms with Gasteiger partial charge in [-0.2, -0.15) is 0 Å². The molecule has 0 unspecified atom stereocenters. The molecule has 1 aromatic rings. The Morgan fingerprint density at radius 3 is 2.93 bits per heavy atom. The van der Waals surface area contributed by atoms with E-state index in [0.29, 0.717) is 11.3 Å². The van der Waals surface area contributed by atoms with Crippen LogP contribution in [-0.2, 0) is 0 Å². The van der Waals surface area contributed by atoms with Gasteiger partial charge in [-0.05, 0) is 18.2 Å². The van der Waals surface area contributed by atoms with Crippen LogP contribution in [0.15, 0.2) is 40.2 Å². The molecule has 14 heavy (non-hydrogen) atoms. The van der Waals surface area contributed by atoms with Crippen molar-refractivity contribution in [1.29, 1.82) is 0 Å². The summed E-state index contributed by atoms with van der Waals surface area (Å²) >= 11 is 4.70. The van der Waals surface area contributed by atoms with Crippen molar-refractivity contribution in [1.82, 2.24) is 0 Å². The van der Waals surface area contributed by atoms with E-state index in [-0.39, 0.29) is 0 Å². The smallest absolute Gasteiger partial charge is 0.336 e. The van der Waals surface area contributed by atoms with E-state index in [9.17, 15) is 4.79 Å². The average Bonchev–Trinajstić information content (AvgIpc) is 2.15. The molecule has 0 saturated carbocycles. The summed E-state index contributed by atoms with van der Waals surface area (Å²) in [4.78, 5) is 11.6. The molecule has 0 aromatic heterocycles. The van der Waals surface area contributed by atoms with Gasteiger partial charge in [-0.3, -0.25) is 0 Å². The Labute approximate surface area is 95.1 Å². The number of carboxylic acids is 1. The van der Waals surface area contributed by atoms with E-state index < -0.39 is 5.97 Å². The van der Waals surface area contributed by atoms with Gasteiger partial charge in [0.05, 0.1) is 5.56 Å².